The van der Waals surface area contributed by atoms with E-state index >= 15 is 0 Å². The van der Waals surface area contributed by atoms with Crippen LogP contribution in [0.2, 0.25) is 0 Å². The lowest BCUT2D eigenvalue weighted by Gasteiger charge is -2.28. The Morgan fingerprint density at radius 3 is 2.39 bits per heavy atom. The van der Waals surface area contributed by atoms with Gasteiger partial charge in [0.1, 0.15) is 6.61 Å². The molecule has 0 aromatic heterocycles. The van der Waals surface area contributed by atoms with E-state index < -0.39 is 5.41 Å². The zero-order valence-electron chi connectivity index (χ0n) is 16.3. The summed E-state index contributed by atoms with van der Waals surface area (Å²) in [6.45, 7) is 0.888. The molecule has 28 heavy (non-hydrogen) atoms. The fourth-order valence-corrected chi connectivity index (χ4v) is 4.01. The first kappa shape index (κ1) is 20.7. The Hall–Kier alpha value is -2.05. The highest BCUT2D eigenvalue weighted by Crippen LogP contribution is 2.42. The van der Waals surface area contributed by atoms with E-state index in [-0.39, 0.29) is 5.91 Å². The Morgan fingerprint density at radius 2 is 1.75 bits per heavy atom. The van der Waals surface area contributed by atoms with E-state index in [1.165, 1.54) is 0 Å². The molecule has 3 rings (SSSR count). The van der Waals surface area contributed by atoms with E-state index in [4.69, 9.17) is 14.2 Å². The van der Waals surface area contributed by atoms with Gasteiger partial charge in [-0.1, -0.05) is 40.9 Å². The van der Waals surface area contributed by atoms with Crippen LogP contribution in [-0.4, -0.2) is 33.3 Å². The topological polar surface area (TPSA) is 56.8 Å². The number of benzene rings is 2. The van der Waals surface area contributed by atoms with Crippen molar-refractivity contribution in [2.75, 3.05) is 32.8 Å². The van der Waals surface area contributed by atoms with E-state index in [2.05, 4.69) is 21.2 Å². The number of carbonyl (C=O) groups excluding carboxylic acids is 1. The highest BCUT2D eigenvalue weighted by Gasteiger charge is 2.42. The van der Waals surface area contributed by atoms with Crippen LogP contribution in [0.15, 0.2) is 46.9 Å². The van der Waals surface area contributed by atoms with Gasteiger partial charge in [0.25, 0.3) is 0 Å². The molecule has 0 radical (unpaired) electrons. The molecule has 0 spiro atoms. The summed E-state index contributed by atoms with van der Waals surface area (Å²) in [5.74, 6) is 1.24. The smallest absolute Gasteiger partial charge is 0.235 e. The molecule has 0 heterocycles. The number of hydrogen-bond acceptors (Lipinski definition) is 4. The Balaban J connectivity index is 1.82. The highest BCUT2D eigenvalue weighted by atomic mass is 79.9. The van der Waals surface area contributed by atoms with Gasteiger partial charge >= 0.3 is 0 Å². The molecule has 0 atom stereocenters. The van der Waals surface area contributed by atoms with E-state index in [1.807, 2.05) is 30.3 Å². The highest BCUT2D eigenvalue weighted by molar-refractivity contribution is 9.10. The van der Waals surface area contributed by atoms with Crippen LogP contribution >= 0.6 is 15.9 Å². The lowest BCUT2D eigenvalue weighted by atomic mass is 9.78. The van der Waals surface area contributed by atoms with Gasteiger partial charge in [-0.25, -0.2) is 0 Å². The first-order valence-corrected chi connectivity index (χ1v) is 10.3. The SMILES string of the molecule is COCCOc1cc(NC(=O)C2(c3ccc(Br)cc3)CCCC2)ccc1OC. The minimum atomic E-state index is -0.488. The largest absolute Gasteiger partial charge is 0.493 e. The molecule has 1 fully saturated rings. The van der Waals surface area contributed by atoms with Gasteiger partial charge in [-0.15, -0.1) is 0 Å². The van der Waals surface area contributed by atoms with Crippen molar-refractivity contribution in [2.24, 2.45) is 0 Å². The zero-order chi connectivity index (χ0) is 20.0. The van der Waals surface area contributed by atoms with Crippen molar-refractivity contribution in [1.82, 2.24) is 0 Å². The molecule has 1 saturated carbocycles. The molecule has 0 unspecified atom stereocenters. The van der Waals surface area contributed by atoms with Crippen LogP contribution in [0.5, 0.6) is 11.5 Å². The molecule has 5 nitrogen and oxygen atoms in total. The van der Waals surface area contributed by atoms with E-state index in [9.17, 15) is 4.79 Å². The van der Waals surface area contributed by atoms with Gasteiger partial charge in [0.2, 0.25) is 5.91 Å². The number of nitrogens with one attached hydrogen (secondary N) is 1. The molecule has 6 heteroatoms. The van der Waals surface area contributed by atoms with Gasteiger partial charge in [-0.05, 0) is 42.7 Å². The molecule has 1 aliphatic carbocycles. The molecular weight excluding hydrogens is 422 g/mol. The summed E-state index contributed by atoms with van der Waals surface area (Å²) in [7, 11) is 3.22. The van der Waals surface area contributed by atoms with Gasteiger partial charge in [0, 0.05) is 23.3 Å². The molecule has 2 aromatic rings. The van der Waals surface area contributed by atoms with Gasteiger partial charge in [0.15, 0.2) is 11.5 Å². The number of ether oxygens (including phenoxy) is 3. The minimum Gasteiger partial charge on any atom is -0.493 e. The lowest BCUT2D eigenvalue weighted by molar-refractivity contribution is -0.121. The predicted octanol–water partition coefficient (Wildman–Crippen LogP) is 4.93. The third-order valence-electron chi connectivity index (χ3n) is 5.26. The van der Waals surface area contributed by atoms with Crippen molar-refractivity contribution in [3.05, 3.63) is 52.5 Å². The summed E-state index contributed by atoms with van der Waals surface area (Å²) in [6, 6.07) is 13.5. The number of hydrogen-bond donors (Lipinski definition) is 1. The summed E-state index contributed by atoms with van der Waals surface area (Å²) < 4.78 is 17.1. The fraction of sp³-hybridized carbons (Fsp3) is 0.409. The van der Waals surface area contributed by atoms with Crippen molar-refractivity contribution < 1.29 is 19.0 Å². The predicted molar refractivity (Wildman–Crippen MR) is 113 cm³/mol. The molecule has 0 bridgehead atoms. The maximum absolute atomic E-state index is 13.3. The van der Waals surface area contributed by atoms with Crippen molar-refractivity contribution in [2.45, 2.75) is 31.1 Å². The van der Waals surface area contributed by atoms with Crippen LogP contribution < -0.4 is 14.8 Å². The molecule has 150 valence electrons. The van der Waals surface area contributed by atoms with Gasteiger partial charge in [-0.3, -0.25) is 4.79 Å². The van der Waals surface area contributed by atoms with Crippen LogP contribution in [0.3, 0.4) is 0 Å². The van der Waals surface area contributed by atoms with E-state index in [0.29, 0.717) is 30.4 Å². The molecule has 1 aliphatic rings. The second kappa shape index (κ2) is 9.43. The van der Waals surface area contributed by atoms with E-state index in [0.717, 1.165) is 35.7 Å². The average molecular weight is 448 g/mol. The standard InChI is InChI=1S/C22H26BrNO4/c1-26-13-14-28-20-15-18(9-10-19(20)27-2)24-21(25)22(11-3-4-12-22)16-5-7-17(23)8-6-16/h5-10,15H,3-4,11-14H2,1-2H3,(H,24,25). The number of rotatable bonds is 8. The van der Waals surface area contributed by atoms with Crippen LogP contribution in [0, 0.1) is 0 Å². The summed E-state index contributed by atoms with van der Waals surface area (Å²) in [6.07, 6.45) is 3.82. The molecule has 0 saturated heterocycles. The minimum absolute atomic E-state index is 0.0281. The average Bonchev–Trinajstić information content (AvgIpc) is 3.20. The summed E-state index contributed by atoms with van der Waals surface area (Å²) in [5, 5.41) is 3.10. The number of anilines is 1. The quantitative estimate of drug-likeness (QED) is 0.582. The van der Waals surface area contributed by atoms with Gasteiger partial charge < -0.3 is 19.5 Å². The summed E-state index contributed by atoms with van der Waals surface area (Å²) >= 11 is 3.47. The number of halogens is 1. The number of amides is 1. The normalized spacial score (nSPS) is 15.2. The number of carbonyl (C=O) groups is 1. The first-order chi connectivity index (χ1) is 13.6. The van der Waals surface area contributed by atoms with Crippen LogP contribution in [0.1, 0.15) is 31.2 Å². The fourth-order valence-electron chi connectivity index (χ4n) is 3.75. The third-order valence-corrected chi connectivity index (χ3v) is 5.78. The van der Waals surface area contributed by atoms with Crippen LogP contribution in [0.25, 0.3) is 0 Å². The second-order valence-corrected chi connectivity index (χ2v) is 7.87. The van der Waals surface area contributed by atoms with E-state index in [1.54, 1.807) is 26.4 Å². The Labute approximate surface area is 174 Å². The second-order valence-electron chi connectivity index (χ2n) is 6.96. The molecular formula is C22H26BrNO4. The maximum Gasteiger partial charge on any atom is 0.235 e. The Bertz CT molecular complexity index is 801. The number of methoxy groups -OCH3 is 2. The van der Waals surface area contributed by atoms with Crippen molar-refractivity contribution in [1.29, 1.82) is 0 Å². The van der Waals surface area contributed by atoms with Crippen molar-refractivity contribution >= 4 is 27.5 Å². The molecule has 1 amide bonds. The zero-order valence-corrected chi connectivity index (χ0v) is 17.9. The first-order valence-electron chi connectivity index (χ1n) is 9.46. The summed E-state index contributed by atoms with van der Waals surface area (Å²) in [4.78, 5) is 13.3. The molecule has 1 N–H and O–H groups in total. The van der Waals surface area contributed by atoms with Crippen LogP contribution in [0.4, 0.5) is 5.69 Å². The summed E-state index contributed by atoms with van der Waals surface area (Å²) in [5.41, 5.74) is 1.27. The van der Waals surface area contributed by atoms with Crippen LogP contribution in [-0.2, 0) is 14.9 Å². The monoisotopic (exact) mass is 447 g/mol. The lowest BCUT2D eigenvalue weighted by Crippen LogP contribution is -2.38. The molecule has 2 aromatic carbocycles. The Kier molecular flexibility index (Phi) is 6.97. The Morgan fingerprint density at radius 1 is 1.04 bits per heavy atom. The van der Waals surface area contributed by atoms with Gasteiger partial charge in [-0.2, -0.15) is 0 Å². The molecule has 0 aliphatic heterocycles. The van der Waals surface area contributed by atoms with Crippen molar-refractivity contribution in [3.8, 4) is 11.5 Å². The van der Waals surface area contributed by atoms with Crippen molar-refractivity contribution in [3.63, 3.8) is 0 Å². The third kappa shape index (κ3) is 4.50. The maximum atomic E-state index is 13.3. The van der Waals surface area contributed by atoms with Gasteiger partial charge in [0.05, 0.1) is 19.1 Å².